The van der Waals surface area contributed by atoms with E-state index in [-0.39, 0.29) is 12.1 Å². The highest BCUT2D eigenvalue weighted by atomic mass is 16.3. The Bertz CT molecular complexity index is 669. The molecule has 3 rings (SSSR count). The van der Waals surface area contributed by atoms with Gasteiger partial charge in [-0.3, -0.25) is 4.68 Å². The molecule has 2 heterocycles. The molecule has 2 aromatic rings. The number of aliphatic hydroxyl groups is 1. The molecular formula is C15H17N5O. The Morgan fingerprint density at radius 3 is 2.90 bits per heavy atom. The van der Waals surface area contributed by atoms with E-state index in [1.54, 1.807) is 10.7 Å². The van der Waals surface area contributed by atoms with Gasteiger partial charge in [-0.2, -0.15) is 10.4 Å². The molecule has 1 saturated carbocycles. The minimum atomic E-state index is -0.214. The summed E-state index contributed by atoms with van der Waals surface area (Å²) in [5, 5.41) is 26.1. The molecule has 6 nitrogen and oxygen atoms in total. The summed E-state index contributed by atoms with van der Waals surface area (Å²) in [7, 11) is 1.88. The maximum atomic E-state index is 9.56. The topological polar surface area (TPSA) is 86.8 Å². The van der Waals surface area contributed by atoms with Crippen LogP contribution in [-0.2, 0) is 7.05 Å². The molecule has 0 aromatic carbocycles. The van der Waals surface area contributed by atoms with Gasteiger partial charge in [-0.1, -0.05) is 6.07 Å². The van der Waals surface area contributed by atoms with Gasteiger partial charge in [-0.05, 0) is 30.9 Å². The maximum absolute atomic E-state index is 9.56. The first-order valence-corrected chi connectivity index (χ1v) is 6.96. The standard InChI is InChI=1S/C15H17N5O/c1-20-9-11(8-17-20)15(10-5-13(21)6-10)19-14-4-2-3-12(7-16)18-14/h2-4,8-10,13,15,21H,5-6H2,1H3,(H,18,19)/t10?,13?,15-/m1/s1. The van der Waals surface area contributed by atoms with Gasteiger partial charge in [0, 0.05) is 18.8 Å². The van der Waals surface area contributed by atoms with Gasteiger partial charge in [0.2, 0.25) is 0 Å². The van der Waals surface area contributed by atoms with E-state index >= 15 is 0 Å². The van der Waals surface area contributed by atoms with Crippen molar-refractivity contribution in [3.05, 3.63) is 41.9 Å². The maximum Gasteiger partial charge on any atom is 0.142 e. The molecule has 1 fully saturated rings. The van der Waals surface area contributed by atoms with E-state index in [2.05, 4.69) is 15.4 Å². The van der Waals surface area contributed by atoms with Crippen LogP contribution in [0.5, 0.6) is 0 Å². The Balaban J connectivity index is 1.83. The number of hydrogen-bond acceptors (Lipinski definition) is 5. The Morgan fingerprint density at radius 2 is 2.29 bits per heavy atom. The van der Waals surface area contributed by atoms with Crippen molar-refractivity contribution >= 4 is 5.82 Å². The van der Waals surface area contributed by atoms with Gasteiger partial charge in [0.15, 0.2) is 0 Å². The van der Waals surface area contributed by atoms with Gasteiger partial charge in [0.25, 0.3) is 0 Å². The van der Waals surface area contributed by atoms with Crippen LogP contribution >= 0.6 is 0 Å². The summed E-state index contributed by atoms with van der Waals surface area (Å²) in [6.45, 7) is 0. The monoisotopic (exact) mass is 283 g/mol. The van der Waals surface area contributed by atoms with Crippen molar-refractivity contribution in [3.63, 3.8) is 0 Å². The Kier molecular flexibility index (Phi) is 3.59. The molecule has 0 aliphatic heterocycles. The molecule has 1 atom stereocenters. The second-order valence-electron chi connectivity index (χ2n) is 5.47. The van der Waals surface area contributed by atoms with Gasteiger partial charge in [0.05, 0.1) is 18.3 Å². The predicted molar refractivity (Wildman–Crippen MR) is 77.3 cm³/mol. The third-order valence-electron chi connectivity index (χ3n) is 3.87. The molecule has 2 N–H and O–H groups in total. The first-order valence-electron chi connectivity index (χ1n) is 6.96. The molecule has 0 unspecified atom stereocenters. The number of anilines is 1. The summed E-state index contributed by atoms with van der Waals surface area (Å²) < 4.78 is 1.76. The first-order chi connectivity index (χ1) is 10.2. The predicted octanol–water partition coefficient (Wildman–Crippen LogP) is 1.61. The van der Waals surface area contributed by atoms with Gasteiger partial charge in [0.1, 0.15) is 17.6 Å². The minimum absolute atomic E-state index is 0.0449. The number of hydrogen-bond donors (Lipinski definition) is 2. The van der Waals surface area contributed by atoms with E-state index in [0.717, 1.165) is 18.4 Å². The number of pyridine rings is 1. The van der Waals surface area contributed by atoms with Crippen LogP contribution in [0.3, 0.4) is 0 Å². The molecule has 0 saturated heterocycles. The fourth-order valence-electron chi connectivity index (χ4n) is 2.71. The molecule has 0 spiro atoms. The van der Waals surface area contributed by atoms with Gasteiger partial charge >= 0.3 is 0 Å². The van der Waals surface area contributed by atoms with Crippen molar-refractivity contribution in [1.29, 1.82) is 5.26 Å². The highest BCUT2D eigenvalue weighted by Gasteiger charge is 2.35. The molecular weight excluding hydrogens is 266 g/mol. The van der Waals surface area contributed by atoms with Crippen LogP contribution in [-0.4, -0.2) is 26.0 Å². The quantitative estimate of drug-likeness (QED) is 0.890. The summed E-state index contributed by atoms with van der Waals surface area (Å²) in [5.74, 6) is 1.01. The van der Waals surface area contributed by atoms with Crippen LogP contribution in [0.1, 0.15) is 30.1 Å². The highest BCUT2D eigenvalue weighted by Crippen LogP contribution is 2.39. The lowest BCUT2D eigenvalue weighted by Crippen LogP contribution is -2.36. The lowest BCUT2D eigenvalue weighted by atomic mass is 9.75. The average Bonchev–Trinajstić information content (AvgIpc) is 2.88. The second-order valence-corrected chi connectivity index (χ2v) is 5.47. The molecule has 6 heteroatoms. The van der Waals surface area contributed by atoms with E-state index in [1.165, 1.54) is 0 Å². The van der Waals surface area contributed by atoms with Crippen molar-refractivity contribution in [1.82, 2.24) is 14.8 Å². The summed E-state index contributed by atoms with van der Waals surface area (Å²) in [6, 6.07) is 7.42. The molecule has 0 bridgehead atoms. The highest BCUT2D eigenvalue weighted by molar-refractivity contribution is 5.41. The number of rotatable bonds is 4. The molecule has 1 aliphatic rings. The molecule has 1 aliphatic carbocycles. The van der Waals surface area contributed by atoms with Crippen LogP contribution in [0.25, 0.3) is 0 Å². The van der Waals surface area contributed by atoms with E-state index in [1.807, 2.05) is 37.6 Å². The van der Waals surface area contributed by atoms with Gasteiger partial charge in [-0.15, -0.1) is 0 Å². The summed E-state index contributed by atoms with van der Waals surface area (Å²) in [5.41, 5.74) is 1.46. The largest absolute Gasteiger partial charge is 0.393 e. The van der Waals surface area contributed by atoms with E-state index < -0.39 is 0 Å². The van der Waals surface area contributed by atoms with Crippen LogP contribution < -0.4 is 5.32 Å². The third kappa shape index (κ3) is 2.88. The summed E-state index contributed by atoms with van der Waals surface area (Å²) in [6.07, 6.45) is 5.12. The van der Waals surface area contributed by atoms with E-state index in [9.17, 15) is 5.11 Å². The Morgan fingerprint density at radius 1 is 1.48 bits per heavy atom. The van der Waals surface area contributed by atoms with Crippen LogP contribution in [0.15, 0.2) is 30.6 Å². The van der Waals surface area contributed by atoms with E-state index in [0.29, 0.717) is 17.4 Å². The second kappa shape index (κ2) is 5.54. The minimum Gasteiger partial charge on any atom is -0.393 e. The van der Waals surface area contributed by atoms with Crippen molar-refractivity contribution in [2.24, 2.45) is 13.0 Å². The smallest absolute Gasteiger partial charge is 0.142 e. The van der Waals surface area contributed by atoms with Crippen LogP contribution in [0.4, 0.5) is 5.82 Å². The molecule has 0 radical (unpaired) electrons. The zero-order valence-electron chi connectivity index (χ0n) is 11.8. The SMILES string of the molecule is Cn1cc([C@H](Nc2cccc(C#N)n2)C2CC(O)C2)cn1. The summed E-state index contributed by atoms with van der Waals surface area (Å²) >= 11 is 0. The number of aromatic nitrogens is 3. The van der Waals surface area contributed by atoms with Crippen LogP contribution in [0.2, 0.25) is 0 Å². The molecule has 0 amide bonds. The van der Waals surface area contributed by atoms with Crippen molar-refractivity contribution in [3.8, 4) is 6.07 Å². The number of nitrogens with one attached hydrogen (secondary N) is 1. The Hall–Kier alpha value is -2.39. The molecule has 108 valence electrons. The number of nitriles is 1. The average molecular weight is 283 g/mol. The van der Waals surface area contributed by atoms with Crippen molar-refractivity contribution in [2.75, 3.05) is 5.32 Å². The lowest BCUT2D eigenvalue weighted by molar-refractivity contribution is 0.0339. The van der Waals surface area contributed by atoms with Crippen molar-refractivity contribution in [2.45, 2.75) is 25.0 Å². The zero-order valence-corrected chi connectivity index (χ0v) is 11.8. The first kappa shape index (κ1) is 13.6. The van der Waals surface area contributed by atoms with E-state index in [4.69, 9.17) is 5.26 Å². The third-order valence-corrected chi connectivity index (χ3v) is 3.87. The van der Waals surface area contributed by atoms with Crippen molar-refractivity contribution < 1.29 is 5.11 Å². The normalized spacial score (nSPS) is 22.1. The molecule has 21 heavy (non-hydrogen) atoms. The van der Waals surface area contributed by atoms with Gasteiger partial charge in [-0.25, -0.2) is 4.98 Å². The van der Waals surface area contributed by atoms with Crippen LogP contribution in [0, 0.1) is 17.2 Å². The van der Waals surface area contributed by atoms with Gasteiger partial charge < -0.3 is 10.4 Å². The number of nitrogens with zero attached hydrogens (tertiary/aromatic N) is 4. The number of aliphatic hydroxyl groups excluding tert-OH is 1. The number of aryl methyl sites for hydroxylation is 1. The molecule has 2 aromatic heterocycles. The Labute approximate surface area is 123 Å². The fourth-order valence-corrected chi connectivity index (χ4v) is 2.71. The zero-order chi connectivity index (χ0) is 14.8. The summed E-state index contributed by atoms with van der Waals surface area (Å²) in [4.78, 5) is 4.26. The lowest BCUT2D eigenvalue weighted by Gasteiger charge is -2.37. The fraction of sp³-hybridized carbons (Fsp3) is 0.400.